The first-order chi connectivity index (χ1) is 8.13. The largest absolute Gasteiger partial charge is 0.493 e. The Bertz CT molecular complexity index is 416. The van der Waals surface area contributed by atoms with Crippen molar-refractivity contribution in [1.29, 1.82) is 0 Å². The van der Waals surface area contributed by atoms with Crippen LogP contribution in [0.15, 0.2) is 10.5 Å². The van der Waals surface area contributed by atoms with Crippen molar-refractivity contribution in [3.05, 3.63) is 27.5 Å². The third kappa shape index (κ3) is 2.63. The Balaban J connectivity index is 2.35. The van der Waals surface area contributed by atoms with E-state index in [1.54, 1.807) is 0 Å². The van der Waals surface area contributed by atoms with Gasteiger partial charge in [-0.15, -0.1) is 0 Å². The zero-order chi connectivity index (χ0) is 12.4. The van der Waals surface area contributed by atoms with E-state index in [2.05, 4.69) is 21.2 Å². The van der Waals surface area contributed by atoms with E-state index in [1.807, 2.05) is 6.92 Å². The first kappa shape index (κ1) is 12.8. The second kappa shape index (κ2) is 5.36. The van der Waals surface area contributed by atoms with Gasteiger partial charge < -0.3 is 10.1 Å². The molecule has 0 aliphatic carbocycles. The maximum atomic E-state index is 13.8. The molecule has 1 aliphatic heterocycles. The zero-order valence-electron chi connectivity index (χ0n) is 10.1. The van der Waals surface area contributed by atoms with Gasteiger partial charge in [-0.25, -0.2) is 4.39 Å². The van der Waals surface area contributed by atoms with Crippen LogP contribution in [0.4, 0.5) is 4.39 Å². The highest BCUT2D eigenvalue weighted by atomic mass is 79.9. The summed E-state index contributed by atoms with van der Waals surface area (Å²) in [6.07, 6.45) is 3.17. The second-order valence-corrected chi connectivity index (χ2v) is 5.33. The van der Waals surface area contributed by atoms with E-state index in [-0.39, 0.29) is 5.82 Å². The van der Waals surface area contributed by atoms with Crippen LogP contribution in [-0.2, 0) is 6.42 Å². The number of hydrogen-bond acceptors (Lipinski definition) is 2. The minimum Gasteiger partial charge on any atom is -0.493 e. The SMILES string of the molecule is COc1c(F)cc(Br)c(C)c1CC1CCCN1. The van der Waals surface area contributed by atoms with E-state index < -0.39 is 0 Å². The molecule has 1 aliphatic rings. The molecule has 94 valence electrons. The topological polar surface area (TPSA) is 21.3 Å². The van der Waals surface area contributed by atoms with Crippen LogP contribution in [0, 0.1) is 12.7 Å². The molecule has 1 heterocycles. The summed E-state index contributed by atoms with van der Waals surface area (Å²) in [5, 5.41) is 3.43. The van der Waals surface area contributed by atoms with Gasteiger partial charge in [-0.1, -0.05) is 15.9 Å². The molecule has 1 unspecified atom stereocenters. The molecule has 1 aromatic rings. The van der Waals surface area contributed by atoms with E-state index in [0.29, 0.717) is 11.8 Å². The van der Waals surface area contributed by atoms with Crippen molar-refractivity contribution in [2.24, 2.45) is 0 Å². The maximum Gasteiger partial charge on any atom is 0.166 e. The monoisotopic (exact) mass is 301 g/mol. The number of benzene rings is 1. The lowest BCUT2D eigenvalue weighted by Gasteiger charge is -2.17. The average Bonchev–Trinajstić information content (AvgIpc) is 2.78. The molecular formula is C13H17BrFNO. The smallest absolute Gasteiger partial charge is 0.166 e. The number of rotatable bonds is 3. The summed E-state index contributed by atoms with van der Waals surface area (Å²) >= 11 is 3.39. The van der Waals surface area contributed by atoms with E-state index in [4.69, 9.17) is 4.74 Å². The number of ether oxygens (including phenoxy) is 1. The minimum atomic E-state index is -0.294. The van der Waals surface area contributed by atoms with Crippen LogP contribution in [0.25, 0.3) is 0 Å². The molecule has 0 aromatic heterocycles. The Morgan fingerprint density at radius 1 is 1.59 bits per heavy atom. The van der Waals surface area contributed by atoms with Gasteiger partial charge >= 0.3 is 0 Å². The summed E-state index contributed by atoms with van der Waals surface area (Å²) < 4.78 is 19.8. The number of hydrogen-bond donors (Lipinski definition) is 1. The first-order valence-corrected chi connectivity index (χ1v) is 6.67. The zero-order valence-corrected chi connectivity index (χ0v) is 11.7. The summed E-state index contributed by atoms with van der Waals surface area (Å²) in [6.45, 7) is 3.05. The van der Waals surface area contributed by atoms with Crippen molar-refractivity contribution >= 4 is 15.9 Å². The summed E-state index contributed by atoms with van der Waals surface area (Å²) in [7, 11) is 1.53. The summed E-state index contributed by atoms with van der Waals surface area (Å²) in [6, 6.07) is 1.91. The van der Waals surface area contributed by atoms with E-state index in [9.17, 15) is 4.39 Å². The van der Waals surface area contributed by atoms with E-state index in [1.165, 1.54) is 19.6 Å². The fraction of sp³-hybridized carbons (Fsp3) is 0.538. The Morgan fingerprint density at radius 3 is 2.94 bits per heavy atom. The van der Waals surface area contributed by atoms with Crippen molar-refractivity contribution in [1.82, 2.24) is 5.32 Å². The highest BCUT2D eigenvalue weighted by Crippen LogP contribution is 2.33. The molecule has 1 aromatic carbocycles. The van der Waals surface area contributed by atoms with E-state index in [0.717, 1.165) is 35.0 Å². The van der Waals surface area contributed by atoms with Crippen molar-refractivity contribution < 1.29 is 9.13 Å². The third-order valence-corrected chi connectivity index (χ3v) is 4.20. The third-order valence-electron chi connectivity index (χ3n) is 3.37. The summed E-state index contributed by atoms with van der Waals surface area (Å²) in [5.41, 5.74) is 2.04. The fourth-order valence-corrected chi connectivity index (χ4v) is 2.83. The Labute approximate surface area is 110 Å². The van der Waals surface area contributed by atoms with Gasteiger partial charge in [0.25, 0.3) is 0 Å². The number of halogens is 2. The Hall–Kier alpha value is -0.610. The van der Waals surface area contributed by atoms with Crippen LogP contribution in [0.2, 0.25) is 0 Å². The maximum absolute atomic E-state index is 13.8. The van der Waals surface area contributed by atoms with Gasteiger partial charge in [-0.05, 0) is 44.4 Å². The highest BCUT2D eigenvalue weighted by Gasteiger charge is 2.21. The molecule has 0 amide bonds. The van der Waals surface area contributed by atoms with E-state index >= 15 is 0 Å². The van der Waals surface area contributed by atoms with Gasteiger partial charge in [0.05, 0.1) is 7.11 Å². The molecule has 1 saturated heterocycles. The molecule has 2 nitrogen and oxygen atoms in total. The van der Waals surface area contributed by atoms with Crippen LogP contribution in [-0.4, -0.2) is 19.7 Å². The minimum absolute atomic E-state index is 0.294. The van der Waals surface area contributed by atoms with Crippen molar-refractivity contribution in [3.8, 4) is 5.75 Å². The second-order valence-electron chi connectivity index (χ2n) is 4.47. The van der Waals surface area contributed by atoms with Gasteiger partial charge in [-0.3, -0.25) is 0 Å². The normalized spacial score (nSPS) is 19.6. The molecule has 0 spiro atoms. The van der Waals surface area contributed by atoms with Gasteiger partial charge in [0.1, 0.15) is 0 Å². The summed E-state index contributed by atoms with van der Waals surface area (Å²) in [4.78, 5) is 0. The molecule has 0 radical (unpaired) electrons. The molecular weight excluding hydrogens is 285 g/mol. The van der Waals surface area contributed by atoms with Gasteiger partial charge in [0, 0.05) is 16.1 Å². The molecule has 4 heteroatoms. The number of methoxy groups -OCH3 is 1. The quantitative estimate of drug-likeness (QED) is 0.926. The van der Waals surface area contributed by atoms with Gasteiger partial charge in [0.15, 0.2) is 11.6 Å². The van der Waals surface area contributed by atoms with Crippen LogP contribution < -0.4 is 10.1 Å². The molecule has 1 atom stereocenters. The van der Waals surface area contributed by atoms with Crippen molar-refractivity contribution in [2.45, 2.75) is 32.2 Å². The number of nitrogens with one attached hydrogen (secondary N) is 1. The lowest BCUT2D eigenvalue weighted by Crippen LogP contribution is -2.24. The summed E-state index contributed by atoms with van der Waals surface area (Å²) in [5.74, 6) is 0.0948. The standard InChI is InChI=1S/C13H17BrFNO/c1-8-10(6-9-4-3-5-16-9)13(17-2)12(15)7-11(8)14/h7,9,16H,3-6H2,1-2H3. The fourth-order valence-electron chi connectivity index (χ4n) is 2.39. The predicted octanol–water partition coefficient (Wildman–Crippen LogP) is 3.20. The Morgan fingerprint density at radius 2 is 2.35 bits per heavy atom. The molecule has 1 N–H and O–H groups in total. The Kier molecular flexibility index (Phi) is 4.05. The highest BCUT2D eigenvalue weighted by molar-refractivity contribution is 9.10. The lowest BCUT2D eigenvalue weighted by molar-refractivity contribution is 0.378. The van der Waals surface area contributed by atoms with Crippen LogP contribution in [0.5, 0.6) is 5.75 Å². The van der Waals surface area contributed by atoms with Crippen LogP contribution >= 0.6 is 15.9 Å². The lowest BCUT2D eigenvalue weighted by atomic mass is 9.99. The van der Waals surface area contributed by atoms with Crippen LogP contribution in [0.3, 0.4) is 0 Å². The van der Waals surface area contributed by atoms with Crippen molar-refractivity contribution in [3.63, 3.8) is 0 Å². The predicted molar refractivity (Wildman–Crippen MR) is 70.1 cm³/mol. The van der Waals surface area contributed by atoms with Gasteiger partial charge in [-0.2, -0.15) is 0 Å². The molecule has 0 bridgehead atoms. The van der Waals surface area contributed by atoms with Gasteiger partial charge in [0.2, 0.25) is 0 Å². The molecule has 1 fully saturated rings. The van der Waals surface area contributed by atoms with Crippen molar-refractivity contribution in [2.75, 3.05) is 13.7 Å². The first-order valence-electron chi connectivity index (χ1n) is 5.88. The average molecular weight is 302 g/mol. The molecule has 2 rings (SSSR count). The molecule has 0 saturated carbocycles. The van der Waals surface area contributed by atoms with Crippen LogP contribution in [0.1, 0.15) is 24.0 Å². The molecule has 17 heavy (non-hydrogen) atoms.